The van der Waals surface area contributed by atoms with Crippen LogP contribution in [0.3, 0.4) is 0 Å². The number of anilines is 3. The van der Waals surface area contributed by atoms with Crippen molar-refractivity contribution in [2.45, 2.75) is 33.2 Å². The van der Waals surface area contributed by atoms with Crippen LogP contribution >= 0.6 is 0 Å². The maximum Gasteiger partial charge on any atom is 0.275 e. The lowest BCUT2D eigenvalue weighted by atomic mass is 10.1. The summed E-state index contributed by atoms with van der Waals surface area (Å²) in [5.74, 6) is 1.18. The van der Waals surface area contributed by atoms with Gasteiger partial charge in [-0.3, -0.25) is 4.79 Å². The number of rotatable bonds is 3. The second-order valence-corrected chi connectivity index (χ2v) is 6.52. The number of carbonyl (C=O) groups excluding carboxylic acids is 1. The van der Waals surface area contributed by atoms with Crippen molar-refractivity contribution < 1.29 is 9.32 Å². The summed E-state index contributed by atoms with van der Waals surface area (Å²) in [6.07, 6.45) is 0.924. The van der Waals surface area contributed by atoms with Crippen molar-refractivity contribution in [3.05, 3.63) is 59.1 Å². The molecule has 1 amide bonds. The molecule has 0 radical (unpaired) electrons. The van der Waals surface area contributed by atoms with Crippen molar-refractivity contribution in [3.8, 4) is 0 Å². The van der Waals surface area contributed by atoms with Gasteiger partial charge in [-0.1, -0.05) is 23.4 Å². The van der Waals surface area contributed by atoms with Gasteiger partial charge in [-0.25, -0.2) is 9.97 Å². The Morgan fingerprint density at radius 2 is 2.04 bits per heavy atom. The zero-order chi connectivity index (χ0) is 18.3. The zero-order valence-electron chi connectivity index (χ0n) is 14.9. The van der Waals surface area contributed by atoms with Gasteiger partial charge >= 0.3 is 0 Å². The number of aromatic nitrogens is 3. The average molecular weight is 349 g/mol. The minimum Gasteiger partial charge on any atom is -0.360 e. The van der Waals surface area contributed by atoms with E-state index in [0.717, 1.165) is 17.8 Å². The Morgan fingerprint density at radius 3 is 2.81 bits per heavy atom. The van der Waals surface area contributed by atoms with Crippen LogP contribution in [0.2, 0.25) is 0 Å². The molecule has 3 aromatic rings. The van der Waals surface area contributed by atoms with Gasteiger partial charge in [0.25, 0.3) is 5.91 Å². The van der Waals surface area contributed by atoms with Crippen LogP contribution in [0.5, 0.6) is 0 Å². The van der Waals surface area contributed by atoms with Gasteiger partial charge in [-0.05, 0) is 44.9 Å². The number of fused-ring (bicyclic) bond motifs is 1. The molecule has 1 unspecified atom stereocenters. The van der Waals surface area contributed by atoms with Crippen LogP contribution < -0.4 is 10.2 Å². The van der Waals surface area contributed by atoms with Crippen LogP contribution in [0, 0.1) is 13.8 Å². The van der Waals surface area contributed by atoms with Gasteiger partial charge in [0.05, 0.1) is 0 Å². The third kappa shape index (κ3) is 2.92. The number of benzene rings is 1. The molecule has 26 heavy (non-hydrogen) atoms. The van der Waals surface area contributed by atoms with E-state index in [1.165, 1.54) is 5.56 Å². The van der Waals surface area contributed by atoms with Crippen LogP contribution in [0.4, 0.5) is 17.5 Å². The largest absolute Gasteiger partial charge is 0.360 e. The fraction of sp³-hybridized carbons (Fsp3) is 0.263. The highest BCUT2D eigenvalue weighted by Gasteiger charge is 2.29. The van der Waals surface area contributed by atoms with Crippen LogP contribution in [0.25, 0.3) is 0 Å². The summed E-state index contributed by atoms with van der Waals surface area (Å²) < 4.78 is 4.98. The summed E-state index contributed by atoms with van der Waals surface area (Å²) >= 11 is 0. The number of nitrogens with one attached hydrogen (secondary N) is 1. The lowest BCUT2D eigenvalue weighted by molar-refractivity contribution is 0.102. The van der Waals surface area contributed by atoms with Crippen molar-refractivity contribution in [3.63, 3.8) is 0 Å². The third-order valence-electron chi connectivity index (χ3n) is 4.37. The summed E-state index contributed by atoms with van der Waals surface area (Å²) in [5, 5.41) is 6.49. The van der Waals surface area contributed by atoms with Crippen LogP contribution in [-0.2, 0) is 6.42 Å². The van der Waals surface area contributed by atoms with Crippen molar-refractivity contribution in [1.82, 2.24) is 15.1 Å². The number of nitrogens with zero attached hydrogens (tertiary/aromatic N) is 4. The van der Waals surface area contributed by atoms with Gasteiger partial charge in [0.1, 0.15) is 11.5 Å². The average Bonchev–Trinajstić information content (AvgIpc) is 3.16. The summed E-state index contributed by atoms with van der Waals surface area (Å²) in [4.78, 5) is 23.7. The Bertz CT molecular complexity index is 982. The highest BCUT2D eigenvalue weighted by Crippen LogP contribution is 2.36. The summed E-state index contributed by atoms with van der Waals surface area (Å²) in [5.41, 5.74) is 3.37. The van der Waals surface area contributed by atoms with E-state index in [1.807, 2.05) is 19.1 Å². The van der Waals surface area contributed by atoms with Crippen molar-refractivity contribution in [1.29, 1.82) is 0 Å². The van der Waals surface area contributed by atoms with E-state index in [9.17, 15) is 4.79 Å². The summed E-state index contributed by atoms with van der Waals surface area (Å²) in [6, 6.07) is 11.8. The zero-order valence-corrected chi connectivity index (χ0v) is 14.9. The molecule has 1 aromatic carbocycles. The minimum absolute atomic E-state index is 0.225. The number of hydrogen-bond donors (Lipinski definition) is 1. The van der Waals surface area contributed by atoms with Gasteiger partial charge in [0, 0.05) is 23.5 Å². The van der Waals surface area contributed by atoms with Gasteiger partial charge < -0.3 is 14.7 Å². The second kappa shape index (κ2) is 6.25. The van der Waals surface area contributed by atoms with E-state index < -0.39 is 0 Å². The molecule has 7 heteroatoms. The Kier molecular flexibility index (Phi) is 3.91. The van der Waals surface area contributed by atoms with Crippen molar-refractivity contribution >= 4 is 23.4 Å². The molecule has 0 saturated carbocycles. The first-order chi connectivity index (χ1) is 12.5. The molecule has 1 aliphatic heterocycles. The van der Waals surface area contributed by atoms with Gasteiger partial charge in [0.15, 0.2) is 5.82 Å². The molecule has 132 valence electrons. The summed E-state index contributed by atoms with van der Waals surface area (Å²) in [6.45, 7) is 5.75. The van der Waals surface area contributed by atoms with Gasteiger partial charge in [0.2, 0.25) is 5.95 Å². The first-order valence-electron chi connectivity index (χ1n) is 8.49. The molecule has 7 nitrogen and oxygen atoms in total. The standard InChI is InChI=1S/C19H19N5O2/c1-11-8-15(18(25)22-17-10-13(3)26-23-17)21-19(20-11)24-12(2)9-14-6-4-5-7-16(14)24/h4-8,10,12H,9H2,1-3H3,(H,22,23,25). The third-order valence-corrected chi connectivity index (χ3v) is 4.37. The first kappa shape index (κ1) is 16.3. The molecule has 0 fully saturated rings. The Labute approximate surface area is 151 Å². The van der Waals surface area contributed by atoms with Crippen LogP contribution in [0.15, 0.2) is 40.9 Å². The normalized spacial score (nSPS) is 15.8. The molecular weight excluding hydrogens is 330 g/mol. The lowest BCUT2D eigenvalue weighted by Crippen LogP contribution is -2.27. The molecule has 3 heterocycles. The highest BCUT2D eigenvalue weighted by molar-refractivity contribution is 6.02. The van der Waals surface area contributed by atoms with Crippen molar-refractivity contribution in [2.75, 3.05) is 10.2 Å². The molecule has 4 rings (SSSR count). The van der Waals surface area contributed by atoms with Gasteiger partial charge in [-0.15, -0.1) is 0 Å². The van der Waals surface area contributed by atoms with E-state index in [1.54, 1.807) is 19.1 Å². The molecule has 0 spiro atoms. The molecule has 1 atom stereocenters. The molecule has 0 aliphatic carbocycles. The monoisotopic (exact) mass is 349 g/mol. The smallest absolute Gasteiger partial charge is 0.275 e. The Morgan fingerprint density at radius 1 is 1.23 bits per heavy atom. The highest BCUT2D eigenvalue weighted by atomic mass is 16.5. The predicted octanol–water partition coefficient (Wildman–Crippen LogP) is 3.42. The SMILES string of the molecule is Cc1cc(C(=O)Nc2cc(C)on2)nc(N2c3ccccc3CC2C)n1. The number of aryl methyl sites for hydroxylation is 2. The number of para-hydroxylation sites is 1. The summed E-state index contributed by atoms with van der Waals surface area (Å²) in [7, 11) is 0. The Hall–Kier alpha value is -3.22. The molecule has 0 saturated heterocycles. The molecule has 2 aromatic heterocycles. The fourth-order valence-electron chi connectivity index (χ4n) is 3.25. The van der Waals surface area contributed by atoms with E-state index in [4.69, 9.17) is 4.52 Å². The first-order valence-corrected chi connectivity index (χ1v) is 8.49. The maximum atomic E-state index is 12.6. The molecule has 1 aliphatic rings. The molecular formula is C19H19N5O2. The number of hydrogen-bond acceptors (Lipinski definition) is 6. The van der Waals surface area contributed by atoms with Crippen LogP contribution in [0.1, 0.15) is 34.4 Å². The fourth-order valence-corrected chi connectivity index (χ4v) is 3.25. The number of amides is 1. The Balaban J connectivity index is 1.67. The topological polar surface area (TPSA) is 84.2 Å². The van der Waals surface area contributed by atoms with E-state index in [2.05, 4.69) is 44.4 Å². The quantitative estimate of drug-likeness (QED) is 0.780. The number of carbonyl (C=O) groups is 1. The van der Waals surface area contributed by atoms with E-state index in [0.29, 0.717) is 23.2 Å². The van der Waals surface area contributed by atoms with E-state index in [-0.39, 0.29) is 11.9 Å². The molecule has 1 N–H and O–H groups in total. The van der Waals surface area contributed by atoms with E-state index >= 15 is 0 Å². The minimum atomic E-state index is -0.342. The van der Waals surface area contributed by atoms with Gasteiger partial charge in [-0.2, -0.15) is 0 Å². The maximum absolute atomic E-state index is 12.6. The predicted molar refractivity (Wildman–Crippen MR) is 97.7 cm³/mol. The lowest BCUT2D eigenvalue weighted by Gasteiger charge is -2.23. The van der Waals surface area contributed by atoms with Crippen LogP contribution in [-0.4, -0.2) is 27.1 Å². The van der Waals surface area contributed by atoms with Crippen molar-refractivity contribution in [2.24, 2.45) is 0 Å². The second-order valence-electron chi connectivity index (χ2n) is 6.52. The molecule has 0 bridgehead atoms.